The Kier molecular flexibility index (Phi) is 1.71. The smallest absolute Gasteiger partial charge is 0.178 e. The summed E-state index contributed by atoms with van der Waals surface area (Å²) in [6.07, 6.45) is -0.693. The Labute approximate surface area is 235 Å². The minimum Gasteiger partial charge on any atom is -0.460 e. The monoisotopic (exact) mass is 480 g/mol. The Morgan fingerprint density at radius 1 is 0.444 bits per heavy atom. The van der Waals surface area contributed by atoms with Crippen LogP contribution in [0.2, 0.25) is 0 Å². The molecule has 2 aromatic heterocycles. The van der Waals surface area contributed by atoms with Crippen molar-refractivity contribution < 1.29 is 36.2 Å². The normalized spacial score (nSPS) is 19.7. The maximum atomic E-state index is 9.23. The molecule has 0 radical (unpaired) electrons. The number of hydrogen-bond donors (Lipinski definition) is 0. The third-order valence-corrected chi connectivity index (χ3v) is 5.96. The quantitative estimate of drug-likeness (QED) is 0.230. The molecule has 8 aromatic rings. The molecular weight excluding hydrogens is 440 g/mol. The third-order valence-electron chi connectivity index (χ3n) is 5.96. The zero-order valence-electron chi connectivity index (χ0n) is 37.8. The summed E-state index contributed by atoms with van der Waals surface area (Å²) in [6.45, 7) is 0. The van der Waals surface area contributed by atoms with Crippen LogP contribution >= 0.6 is 0 Å². The van der Waals surface area contributed by atoms with Crippen molar-refractivity contribution >= 4 is 54.5 Å². The lowest BCUT2D eigenvalue weighted by molar-refractivity contribution is 0.600. The summed E-state index contributed by atoms with van der Waals surface area (Å²) in [7, 11) is 0. The van der Waals surface area contributed by atoms with Crippen molar-refractivity contribution in [3.05, 3.63) is 121 Å². The molecule has 0 bridgehead atoms. The van der Waals surface area contributed by atoms with Gasteiger partial charge in [-0.15, -0.1) is 0 Å². The standard InChI is InChI=1S/C34H20O2/c1-2-9-21(10-3-1)30-23-11-4-6-13-25(23)31(26-14-7-5-12-24(26)30)29-16-8-15-27-28-18-17-22-19-20-35-32(22)34(28)36-33(27)29/h1-20H/i1D,2D,3D,4D,5D,6D,7D,8D,9D,10D,11D,12D,13D,14D,15D,16D,17D,18D,19D,20D. The molecule has 36 heavy (non-hydrogen) atoms. The summed E-state index contributed by atoms with van der Waals surface area (Å²) in [5, 5.41) is -3.26. The molecule has 0 unspecified atom stereocenters. The summed E-state index contributed by atoms with van der Waals surface area (Å²) in [4.78, 5) is 0. The molecule has 8 rings (SSSR count). The van der Waals surface area contributed by atoms with Gasteiger partial charge in [0.05, 0.1) is 32.3 Å². The molecule has 0 amide bonds. The second kappa shape index (κ2) is 7.34. The summed E-state index contributed by atoms with van der Waals surface area (Å²) in [5.74, 6) is 0. The van der Waals surface area contributed by atoms with E-state index in [2.05, 4.69) is 0 Å². The zero-order chi connectivity index (χ0) is 41.0. The van der Waals surface area contributed by atoms with Crippen LogP contribution in [-0.2, 0) is 0 Å². The largest absolute Gasteiger partial charge is 0.460 e. The molecule has 0 fully saturated rings. The van der Waals surface area contributed by atoms with Crippen molar-refractivity contribution in [2.75, 3.05) is 0 Å². The predicted molar refractivity (Wildman–Crippen MR) is 149 cm³/mol. The molecule has 6 aromatic carbocycles. The lowest BCUT2D eigenvalue weighted by Gasteiger charge is -2.17. The van der Waals surface area contributed by atoms with E-state index in [1.165, 1.54) is 0 Å². The van der Waals surface area contributed by atoms with Crippen molar-refractivity contribution in [1.82, 2.24) is 0 Å². The van der Waals surface area contributed by atoms with E-state index in [1.54, 1.807) is 0 Å². The van der Waals surface area contributed by atoms with Gasteiger partial charge in [-0.1, -0.05) is 103 Å². The second-order valence-electron chi connectivity index (χ2n) is 7.79. The summed E-state index contributed by atoms with van der Waals surface area (Å²) in [6, 6.07) is -15.3. The fourth-order valence-electron chi connectivity index (χ4n) is 4.50. The zero-order valence-corrected chi connectivity index (χ0v) is 17.8. The van der Waals surface area contributed by atoms with Crippen LogP contribution in [0.4, 0.5) is 0 Å². The van der Waals surface area contributed by atoms with Gasteiger partial charge in [-0.3, -0.25) is 0 Å². The van der Waals surface area contributed by atoms with Crippen molar-refractivity contribution in [2.24, 2.45) is 0 Å². The molecule has 0 aliphatic carbocycles. The minimum absolute atomic E-state index is 0.293. The van der Waals surface area contributed by atoms with Gasteiger partial charge in [0.1, 0.15) is 6.95 Å². The van der Waals surface area contributed by atoms with Crippen LogP contribution in [0.25, 0.3) is 76.7 Å². The summed E-state index contributed by atoms with van der Waals surface area (Å²) >= 11 is 0. The van der Waals surface area contributed by atoms with E-state index in [4.69, 9.17) is 32.1 Å². The maximum absolute atomic E-state index is 9.23. The molecule has 0 saturated heterocycles. The predicted octanol–water partition coefficient (Wildman–Crippen LogP) is 9.97. The topological polar surface area (TPSA) is 26.3 Å². The summed E-state index contributed by atoms with van der Waals surface area (Å²) < 4.78 is 186. The number of benzene rings is 6. The van der Waals surface area contributed by atoms with Crippen LogP contribution in [0.1, 0.15) is 27.4 Å². The lowest BCUT2D eigenvalue weighted by Crippen LogP contribution is -1.90. The molecule has 2 heteroatoms. The van der Waals surface area contributed by atoms with Gasteiger partial charge in [0.15, 0.2) is 11.2 Å². The SMILES string of the molecule is [2H]c1oc2c(c1[2H])c([2H])c([2H])c1c2oc2c(-c3c4c([2H])c([2H])c([2H])c([2H])c4c(-c4c([2H])c([2H])c([2H])c([2H])c4[2H])c4c([2H])c([2H])c([2H])c([2H])c34)c([2H])c([2H])c([2H])c21. The molecule has 0 spiro atoms. The molecular formula is C34H20O2. The van der Waals surface area contributed by atoms with E-state index in [0.29, 0.717) is 0 Å². The fraction of sp³-hybridized carbons (Fsp3) is 0. The molecule has 0 N–H and O–H groups in total. The molecule has 0 saturated carbocycles. The van der Waals surface area contributed by atoms with Crippen molar-refractivity contribution in [3.63, 3.8) is 0 Å². The van der Waals surface area contributed by atoms with Gasteiger partial charge >= 0.3 is 0 Å². The number of hydrogen-bond acceptors (Lipinski definition) is 2. The highest BCUT2D eigenvalue weighted by molar-refractivity contribution is 6.24. The molecule has 0 atom stereocenters. The molecule has 2 nitrogen and oxygen atoms in total. The summed E-state index contributed by atoms with van der Waals surface area (Å²) in [5.41, 5.74) is -3.57. The highest BCUT2D eigenvalue weighted by atomic mass is 16.4. The van der Waals surface area contributed by atoms with Gasteiger partial charge in [-0.2, -0.15) is 0 Å². The number of para-hydroxylation sites is 1. The van der Waals surface area contributed by atoms with Crippen molar-refractivity contribution in [3.8, 4) is 22.3 Å². The van der Waals surface area contributed by atoms with Gasteiger partial charge in [0.2, 0.25) is 0 Å². The first-order valence-corrected chi connectivity index (χ1v) is 10.6. The Morgan fingerprint density at radius 2 is 1.06 bits per heavy atom. The molecule has 168 valence electrons. The number of rotatable bonds is 2. The van der Waals surface area contributed by atoms with Crippen molar-refractivity contribution in [1.29, 1.82) is 0 Å². The van der Waals surface area contributed by atoms with E-state index < -0.39 is 170 Å². The van der Waals surface area contributed by atoms with Gasteiger partial charge in [0, 0.05) is 27.3 Å². The van der Waals surface area contributed by atoms with E-state index in [1.807, 2.05) is 0 Å². The fourth-order valence-corrected chi connectivity index (χ4v) is 4.50. The van der Waals surface area contributed by atoms with Crippen LogP contribution in [-0.4, -0.2) is 0 Å². The second-order valence-corrected chi connectivity index (χ2v) is 7.79. The minimum atomic E-state index is -0.873. The average molecular weight is 481 g/mol. The Morgan fingerprint density at radius 3 is 1.78 bits per heavy atom. The first-order valence-electron chi connectivity index (χ1n) is 20.6. The number of furan rings is 2. The third kappa shape index (κ3) is 2.61. The molecule has 0 aliphatic rings. The van der Waals surface area contributed by atoms with Crippen LogP contribution < -0.4 is 0 Å². The van der Waals surface area contributed by atoms with E-state index >= 15 is 0 Å². The average Bonchev–Trinajstić information content (AvgIpc) is 3.71. The van der Waals surface area contributed by atoms with E-state index in [-0.39, 0.29) is 27.3 Å². The lowest BCUT2D eigenvalue weighted by atomic mass is 9.85. The Hall–Kier alpha value is -4.82. The first kappa shape index (κ1) is 8.39. The van der Waals surface area contributed by atoms with E-state index in [0.717, 1.165) is 0 Å². The Balaban J connectivity index is 1.78. The van der Waals surface area contributed by atoms with Crippen LogP contribution in [0.5, 0.6) is 0 Å². The van der Waals surface area contributed by atoms with Gasteiger partial charge in [0.25, 0.3) is 0 Å². The van der Waals surface area contributed by atoms with Crippen LogP contribution in [0.15, 0.2) is 130 Å². The van der Waals surface area contributed by atoms with Crippen LogP contribution in [0, 0.1) is 0 Å². The highest BCUT2D eigenvalue weighted by Gasteiger charge is 2.20. The van der Waals surface area contributed by atoms with E-state index in [9.17, 15) is 4.11 Å². The van der Waals surface area contributed by atoms with Gasteiger partial charge in [-0.05, 0) is 44.8 Å². The highest BCUT2D eigenvalue weighted by Crippen LogP contribution is 2.46. The molecule has 0 aliphatic heterocycles. The van der Waals surface area contributed by atoms with Crippen molar-refractivity contribution in [2.45, 2.75) is 0 Å². The number of fused-ring (bicyclic) bond motifs is 7. The molecule has 2 heterocycles. The van der Waals surface area contributed by atoms with Crippen LogP contribution in [0.3, 0.4) is 0 Å². The van der Waals surface area contributed by atoms with Gasteiger partial charge < -0.3 is 8.83 Å². The first-order chi connectivity index (χ1) is 26.2. The maximum Gasteiger partial charge on any atom is 0.178 e. The van der Waals surface area contributed by atoms with Gasteiger partial charge in [-0.25, -0.2) is 0 Å². The Bertz CT molecular complexity index is 3090.